The number of hydrogen-bond donors (Lipinski definition) is 1. The number of hydrogen-bond acceptors (Lipinski definition) is 6. The summed E-state index contributed by atoms with van der Waals surface area (Å²) < 4.78 is 18.7. The van der Waals surface area contributed by atoms with Gasteiger partial charge in [0.1, 0.15) is 5.82 Å². The maximum atomic E-state index is 13.5. The molecule has 0 saturated carbocycles. The molecule has 8 nitrogen and oxygen atoms in total. The monoisotopic (exact) mass is 374 g/mol. The Morgan fingerprint density at radius 3 is 2.56 bits per heavy atom. The molecule has 2 aromatic carbocycles. The number of aliphatic hydroxyl groups is 1. The molecule has 0 aliphatic carbocycles. The first-order valence-corrected chi connectivity index (χ1v) is 8.02. The number of non-ortho nitro benzene ring substituents is 1. The topological polar surface area (TPSA) is 110 Å². The number of fused-ring (bicyclic) bond motifs is 1. The molecule has 0 fully saturated rings. The van der Waals surface area contributed by atoms with Crippen LogP contribution in [0.4, 0.5) is 10.1 Å². The summed E-state index contributed by atoms with van der Waals surface area (Å²) in [5, 5.41) is 20.9. The Morgan fingerprint density at radius 1 is 1.15 bits per heavy atom. The van der Waals surface area contributed by atoms with Crippen LogP contribution in [-0.2, 0) is 11.3 Å². The number of nitro benzene ring substituents is 1. The average Bonchev–Trinajstić information content (AvgIpc) is 2.88. The van der Waals surface area contributed by atoms with Crippen molar-refractivity contribution in [2.45, 2.75) is 12.7 Å². The lowest BCUT2D eigenvalue weighted by Crippen LogP contribution is -2.38. The van der Waals surface area contributed by atoms with Crippen molar-refractivity contribution in [1.82, 2.24) is 4.90 Å². The number of rotatable bonds is 7. The molecule has 2 amide bonds. The van der Waals surface area contributed by atoms with Crippen LogP contribution < -0.4 is 0 Å². The summed E-state index contributed by atoms with van der Waals surface area (Å²) >= 11 is 0. The summed E-state index contributed by atoms with van der Waals surface area (Å²) in [6, 6.07) is 9.41. The smallest absolute Gasteiger partial charge is 0.270 e. The van der Waals surface area contributed by atoms with Crippen LogP contribution in [0.1, 0.15) is 26.3 Å². The number of nitrogens with zero attached hydrogens (tertiary/aromatic N) is 2. The number of halogens is 1. The van der Waals surface area contributed by atoms with E-state index < -0.39 is 28.7 Å². The SMILES string of the molecule is O=C1c2ccc([N+](=O)[O-])cc2C(=O)N1CC(O)COCc1ccccc1F. The molecule has 0 radical (unpaired) electrons. The van der Waals surface area contributed by atoms with Gasteiger partial charge in [0.05, 0.1) is 41.9 Å². The van der Waals surface area contributed by atoms with Crippen LogP contribution in [0.5, 0.6) is 0 Å². The third-order valence-corrected chi connectivity index (χ3v) is 4.08. The number of carbonyl (C=O) groups is 2. The van der Waals surface area contributed by atoms with Gasteiger partial charge in [0, 0.05) is 17.7 Å². The summed E-state index contributed by atoms with van der Waals surface area (Å²) in [4.78, 5) is 35.6. The molecule has 1 aliphatic heterocycles. The minimum absolute atomic E-state index is 0.0464. The molecule has 1 unspecified atom stereocenters. The Bertz CT molecular complexity index is 916. The van der Waals surface area contributed by atoms with E-state index in [1.54, 1.807) is 18.2 Å². The summed E-state index contributed by atoms with van der Waals surface area (Å²) in [5.74, 6) is -1.79. The Balaban J connectivity index is 1.60. The summed E-state index contributed by atoms with van der Waals surface area (Å²) in [7, 11) is 0. The van der Waals surface area contributed by atoms with Gasteiger partial charge in [-0.15, -0.1) is 0 Å². The first-order valence-electron chi connectivity index (χ1n) is 8.02. The lowest BCUT2D eigenvalue weighted by atomic mass is 10.1. The highest BCUT2D eigenvalue weighted by atomic mass is 19.1. The number of nitro groups is 1. The number of aliphatic hydroxyl groups excluding tert-OH is 1. The van der Waals surface area contributed by atoms with Crippen LogP contribution in [0.15, 0.2) is 42.5 Å². The molecule has 27 heavy (non-hydrogen) atoms. The fourth-order valence-electron chi connectivity index (χ4n) is 2.74. The van der Waals surface area contributed by atoms with Crippen molar-refractivity contribution in [3.8, 4) is 0 Å². The fourth-order valence-corrected chi connectivity index (χ4v) is 2.74. The highest BCUT2D eigenvalue weighted by molar-refractivity contribution is 6.21. The second-order valence-electron chi connectivity index (χ2n) is 5.97. The third kappa shape index (κ3) is 3.83. The molecule has 9 heteroatoms. The van der Waals surface area contributed by atoms with Gasteiger partial charge in [-0.1, -0.05) is 18.2 Å². The van der Waals surface area contributed by atoms with Crippen molar-refractivity contribution >= 4 is 17.5 Å². The molecule has 1 heterocycles. The highest BCUT2D eigenvalue weighted by Crippen LogP contribution is 2.26. The zero-order valence-electron chi connectivity index (χ0n) is 14.0. The number of ether oxygens (including phenoxy) is 1. The molecular weight excluding hydrogens is 359 g/mol. The van der Waals surface area contributed by atoms with Gasteiger partial charge in [0.15, 0.2) is 0 Å². The molecular formula is C18H15FN2O6. The van der Waals surface area contributed by atoms with E-state index in [9.17, 15) is 29.2 Å². The molecule has 140 valence electrons. The normalized spacial score (nSPS) is 14.4. The van der Waals surface area contributed by atoms with E-state index in [1.807, 2.05) is 0 Å². The molecule has 1 aliphatic rings. The Morgan fingerprint density at radius 2 is 1.85 bits per heavy atom. The van der Waals surface area contributed by atoms with Gasteiger partial charge < -0.3 is 9.84 Å². The largest absolute Gasteiger partial charge is 0.389 e. The fraction of sp³-hybridized carbons (Fsp3) is 0.222. The van der Waals surface area contributed by atoms with Crippen molar-refractivity contribution in [2.75, 3.05) is 13.2 Å². The van der Waals surface area contributed by atoms with E-state index in [2.05, 4.69) is 0 Å². The van der Waals surface area contributed by atoms with Crippen LogP contribution in [0.2, 0.25) is 0 Å². The zero-order valence-corrected chi connectivity index (χ0v) is 14.0. The van der Waals surface area contributed by atoms with Gasteiger partial charge in [-0.3, -0.25) is 24.6 Å². The van der Waals surface area contributed by atoms with Crippen LogP contribution in [-0.4, -0.2) is 46.0 Å². The van der Waals surface area contributed by atoms with E-state index in [0.717, 1.165) is 17.0 Å². The van der Waals surface area contributed by atoms with Crippen molar-refractivity contribution in [3.05, 3.63) is 75.1 Å². The van der Waals surface area contributed by atoms with E-state index in [4.69, 9.17) is 4.74 Å². The van der Waals surface area contributed by atoms with Gasteiger partial charge in [0.2, 0.25) is 0 Å². The maximum absolute atomic E-state index is 13.5. The van der Waals surface area contributed by atoms with Crippen LogP contribution >= 0.6 is 0 Å². The van der Waals surface area contributed by atoms with Crippen molar-refractivity contribution in [3.63, 3.8) is 0 Å². The third-order valence-electron chi connectivity index (χ3n) is 4.08. The average molecular weight is 374 g/mol. The molecule has 3 rings (SSSR count). The van der Waals surface area contributed by atoms with E-state index in [1.165, 1.54) is 12.1 Å². The highest BCUT2D eigenvalue weighted by Gasteiger charge is 2.37. The van der Waals surface area contributed by atoms with Gasteiger partial charge >= 0.3 is 0 Å². The Labute approximate surface area is 152 Å². The lowest BCUT2D eigenvalue weighted by Gasteiger charge is -2.18. The first kappa shape index (κ1) is 18.6. The van der Waals surface area contributed by atoms with Crippen molar-refractivity contribution < 1.29 is 28.7 Å². The van der Waals surface area contributed by atoms with Gasteiger partial charge in [0.25, 0.3) is 17.5 Å². The summed E-state index contributed by atoms with van der Waals surface area (Å²) in [5.41, 5.74) is -0.0120. The number of carbonyl (C=O) groups excluding carboxylic acids is 2. The Hall–Kier alpha value is -3.17. The number of β-amino-alcohol motifs (C(OH)–C–C–N with tert-alkyl or cyclic N) is 1. The molecule has 0 aromatic heterocycles. The van der Waals surface area contributed by atoms with Gasteiger partial charge in [-0.2, -0.15) is 0 Å². The molecule has 1 atom stereocenters. The minimum Gasteiger partial charge on any atom is -0.389 e. The maximum Gasteiger partial charge on any atom is 0.270 e. The lowest BCUT2D eigenvalue weighted by molar-refractivity contribution is -0.384. The summed E-state index contributed by atoms with van der Waals surface area (Å²) in [6.07, 6.45) is -1.19. The van der Waals surface area contributed by atoms with Crippen molar-refractivity contribution in [2.24, 2.45) is 0 Å². The first-order chi connectivity index (χ1) is 12.9. The second-order valence-corrected chi connectivity index (χ2v) is 5.97. The van der Waals surface area contributed by atoms with Crippen LogP contribution in [0.3, 0.4) is 0 Å². The molecule has 0 saturated heterocycles. The predicted molar refractivity (Wildman–Crippen MR) is 90.5 cm³/mol. The van der Waals surface area contributed by atoms with Gasteiger partial charge in [-0.05, 0) is 12.1 Å². The van der Waals surface area contributed by atoms with Crippen LogP contribution in [0, 0.1) is 15.9 Å². The predicted octanol–water partition coefficient (Wildman–Crippen LogP) is 1.91. The Kier molecular flexibility index (Phi) is 5.24. The zero-order chi connectivity index (χ0) is 19.6. The minimum atomic E-state index is -1.19. The molecule has 0 spiro atoms. The van der Waals surface area contributed by atoms with E-state index >= 15 is 0 Å². The van der Waals surface area contributed by atoms with E-state index in [-0.39, 0.29) is 36.6 Å². The second kappa shape index (κ2) is 7.60. The number of benzene rings is 2. The molecule has 2 aromatic rings. The van der Waals surface area contributed by atoms with Crippen molar-refractivity contribution in [1.29, 1.82) is 0 Å². The van der Waals surface area contributed by atoms with Gasteiger partial charge in [-0.25, -0.2) is 4.39 Å². The molecule has 1 N–H and O–H groups in total. The molecule has 0 bridgehead atoms. The summed E-state index contributed by atoms with van der Waals surface area (Å²) in [6.45, 7) is -0.628. The van der Waals surface area contributed by atoms with Crippen LogP contribution in [0.25, 0.3) is 0 Å². The number of amides is 2. The quantitative estimate of drug-likeness (QED) is 0.450. The number of imide groups is 1. The van der Waals surface area contributed by atoms with E-state index in [0.29, 0.717) is 5.56 Å². The standard InChI is InChI=1S/C18H15FN2O6/c19-16-4-2-1-3-11(16)9-27-10-13(22)8-20-17(23)14-6-5-12(21(25)26)7-15(14)18(20)24/h1-7,13,22H,8-10H2.